The summed E-state index contributed by atoms with van der Waals surface area (Å²) in [6, 6.07) is 0. The molecule has 0 radical (unpaired) electrons. The summed E-state index contributed by atoms with van der Waals surface area (Å²) >= 11 is 0. The normalized spacial score (nSPS) is 35.2. The number of ether oxygens (including phenoxy) is 2. The predicted molar refractivity (Wildman–Crippen MR) is 132 cm³/mol. The van der Waals surface area contributed by atoms with Crippen LogP contribution in [0.3, 0.4) is 0 Å². The van der Waals surface area contributed by atoms with Crippen molar-refractivity contribution in [1.82, 2.24) is 10.2 Å². The summed E-state index contributed by atoms with van der Waals surface area (Å²) < 4.78 is 11.5. The molecular formula is C25H48N2O9. The molecule has 2 aliphatic rings. The summed E-state index contributed by atoms with van der Waals surface area (Å²) in [5.41, 5.74) is 0. The first kappa shape index (κ1) is 31.3. The molecule has 9 atom stereocenters. The van der Waals surface area contributed by atoms with Gasteiger partial charge in [-0.15, -0.1) is 0 Å². The highest BCUT2D eigenvalue weighted by Gasteiger charge is 2.41. The van der Waals surface area contributed by atoms with Gasteiger partial charge in [0.1, 0.15) is 30.5 Å². The lowest BCUT2D eigenvalue weighted by atomic mass is 9.93. The Morgan fingerprint density at radius 2 is 1.50 bits per heavy atom. The van der Waals surface area contributed by atoms with Crippen molar-refractivity contribution >= 4 is 5.91 Å². The second-order valence-corrected chi connectivity index (χ2v) is 10.2. The second kappa shape index (κ2) is 16.2. The number of carbonyl (C=O) groups is 1. The molecule has 0 saturated carbocycles. The lowest BCUT2D eigenvalue weighted by molar-refractivity contribution is -0.218. The van der Waals surface area contributed by atoms with E-state index in [2.05, 4.69) is 10.2 Å². The van der Waals surface area contributed by atoms with E-state index in [-0.39, 0.29) is 18.6 Å². The van der Waals surface area contributed by atoms with Crippen molar-refractivity contribution in [3.05, 3.63) is 0 Å². The van der Waals surface area contributed by atoms with Crippen LogP contribution in [0.4, 0.5) is 0 Å². The summed E-state index contributed by atoms with van der Waals surface area (Å²) in [4.78, 5) is 13.7. The van der Waals surface area contributed by atoms with Gasteiger partial charge < -0.3 is 50.3 Å². The second-order valence-electron chi connectivity index (χ2n) is 10.2. The third-order valence-corrected chi connectivity index (χ3v) is 7.40. The van der Waals surface area contributed by atoms with E-state index in [0.717, 1.165) is 51.7 Å². The quantitative estimate of drug-likeness (QED) is 0.131. The fraction of sp³-hybridized carbons (Fsp3) is 0.960. The van der Waals surface area contributed by atoms with Crippen molar-refractivity contribution in [2.24, 2.45) is 0 Å². The minimum absolute atomic E-state index is 0.0420. The van der Waals surface area contributed by atoms with Crippen LogP contribution in [0.5, 0.6) is 0 Å². The molecule has 2 fully saturated rings. The van der Waals surface area contributed by atoms with Gasteiger partial charge in [0, 0.05) is 19.9 Å². The van der Waals surface area contributed by atoms with Crippen molar-refractivity contribution in [2.75, 3.05) is 33.3 Å². The maximum absolute atomic E-state index is 11.4. The molecule has 2 saturated heterocycles. The number of amides is 1. The SMILES string of the molecule is CNC(=O)CCCCCN(CCC[C@@H]1C[C@@H](O)[C@H](O)[C@@H](CO)O1)CCC[C@@H]1O[C@@H](C)[C@@H](O)[C@@H](O)[C@@H]1O. The number of hydrogen-bond acceptors (Lipinski definition) is 10. The van der Waals surface area contributed by atoms with Crippen LogP contribution in [0.15, 0.2) is 0 Å². The number of nitrogens with zero attached hydrogens (tertiary/aromatic N) is 1. The van der Waals surface area contributed by atoms with Gasteiger partial charge in [-0.1, -0.05) is 6.42 Å². The molecule has 212 valence electrons. The fourth-order valence-electron chi connectivity index (χ4n) is 5.07. The van der Waals surface area contributed by atoms with E-state index in [1.165, 1.54) is 0 Å². The van der Waals surface area contributed by atoms with Crippen molar-refractivity contribution in [3.63, 3.8) is 0 Å². The number of rotatable bonds is 15. The molecule has 11 nitrogen and oxygen atoms in total. The Labute approximate surface area is 214 Å². The van der Waals surface area contributed by atoms with E-state index in [4.69, 9.17) is 9.47 Å². The lowest BCUT2D eigenvalue weighted by Crippen LogP contribution is -2.56. The van der Waals surface area contributed by atoms with Gasteiger partial charge in [-0.3, -0.25) is 4.79 Å². The summed E-state index contributed by atoms with van der Waals surface area (Å²) in [5.74, 6) is 0.0420. The molecule has 0 aromatic heterocycles. The van der Waals surface area contributed by atoms with Gasteiger partial charge in [0.15, 0.2) is 0 Å². The molecule has 0 spiro atoms. The Morgan fingerprint density at radius 3 is 2.17 bits per heavy atom. The molecule has 36 heavy (non-hydrogen) atoms. The van der Waals surface area contributed by atoms with E-state index >= 15 is 0 Å². The van der Waals surface area contributed by atoms with Gasteiger partial charge in [0.05, 0.1) is 31.0 Å². The van der Waals surface area contributed by atoms with Crippen molar-refractivity contribution in [1.29, 1.82) is 0 Å². The Morgan fingerprint density at radius 1 is 0.833 bits per heavy atom. The first-order chi connectivity index (χ1) is 17.2. The van der Waals surface area contributed by atoms with Crippen LogP contribution < -0.4 is 5.32 Å². The third kappa shape index (κ3) is 9.77. The Bertz CT molecular complexity index is 628. The minimum Gasteiger partial charge on any atom is -0.394 e. The third-order valence-electron chi connectivity index (χ3n) is 7.40. The van der Waals surface area contributed by atoms with Crippen LogP contribution in [0.25, 0.3) is 0 Å². The van der Waals surface area contributed by atoms with Crippen molar-refractivity contribution in [3.8, 4) is 0 Å². The highest BCUT2D eigenvalue weighted by atomic mass is 16.5. The highest BCUT2D eigenvalue weighted by Crippen LogP contribution is 2.25. The van der Waals surface area contributed by atoms with Gasteiger partial charge in [-0.25, -0.2) is 0 Å². The van der Waals surface area contributed by atoms with Gasteiger partial charge in [-0.2, -0.15) is 0 Å². The average Bonchev–Trinajstić information content (AvgIpc) is 2.86. The molecule has 11 heteroatoms. The Kier molecular flexibility index (Phi) is 14.1. The van der Waals surface area contributed by atoms with E-state index in [1.807, 2.05) is 0 Å². The molecule has 0 aromatic rings. The van der Waals surface area contributed by atoms with Gasteiger partial charge in [0.25, 0.3) is 0 Å². The standard InChI is InChI=1S/C25H48N2O9/c1-16-22(31)25(34)24(33)19(35-16)9-7-13-27(11-5-3-4-10-21(30)26-2)12-6-8-17-14-18(29)23(32)20(15-28)36-17/h16-20,22-25,28-29,31-34H,3-15H2,1-2H3,(H,26,30)/t16-,17+,18+,19-,20+,22+,23-,24+,25+/m0/s1. The minimum atomic E-state index is -1.22. The number of unbranched alkanes of at least 4 members (excludes halogenated alkanes) is 2. The molecular weight excluding hydrogens is 472 g/mol. The maximum atomic E-state index is 11.4. The molecule has 2 heterocycles. The van der Waals surface area contributed by atoms with Crippen LogP contribution in [-0.2, 0) is 14.3 Å². The van der Waals surface area contributed by atoms with Crippen LogP contribution >= 0.6 is 0 Å². The number of aliphatic hydroxyl groups is 6. The van der Waals surface area contributed by atoms with Gasteiger partial charge in [0.2, 0.25) is 5.91 Å². The number of hydrogen-bond donors (Lipinski definition) is 7. The van der Waals surface area contributed by atoms with Crippen molar-refractivity contribution in [2.45, 2.75) is 120 Å². The first-order valence-electron chi connectivity index (χ1n) is 13.4. The van der Waals surface area contributed by atoms with Crippen molar-refractivity contribution < 1.29 is 44.9 Å². The summed E-state index contributed by atoms with van der Waals surface area (Å²) in [5, 5.41) is 62.2. The molecule has 2 rings (SSSR count). The van der Waals surface area contributed by atoms with E-state index in [0.29, 0.717) is 25.7 Å². The monoisotopic (exact) mass is 520 g/mol. The fourth-order valence-corrected chi connectivity index (χ4v) is 5.07. The summed E-state index contributed by atoms with van der Waals surface area (Å²) in [6.45, 7) is 3.76. The van der Waals surface area contributed by atoms with E-state index < -0.39 is 48.8 Å². The number of carbonyl (C=O) groups excluding carboxylic acids is 1. The zero-order chi connectivity index (χ0) is 26.7. The Balaban J connectivity index is 1.80. The molecule has 7 N–H and O–H groups in total. The molecule has 1 amide bonds. The summed E-state index contributed by atoms with van der Waals surface area (Å²) in [6.07, 6.45) is -1.15. The molecule has 0 bridgehead atoms. The molecule has 0 aromatic carbocycles. The number of aliphatic hydroxyl groups excluding tert-OH is 6. The van der Waals surface area contributed by atoms with Crippen LogP contribution in [-0.4, -0.2) is 130 Å². The maximum Gasteiger partial charge on any atom is 0.219 e. The smallest absolute Gasteiger partial charge is 0.219 e. The van der Waals surface area contributed by atoms with Gasteiger partial charge >= 0.3 is 0 Å². The topological polar surface area (TPSA) is 172 Å². The molecule has 2 aliphatic heterocycles. The molecule has 0 aliphatic carbocycles. The predicted octanol–water partition coefficient (Wildman–Crippen LogP) is -1.10. The van der Waals surface area contributed by atoms with Gasteiger partial charge in [-0.05, 0) is 65.1 Å². The zero-order valence-corrected chi connectivity index (χ0v) is 21.7. The number of nitrogens with one attached hydrogen (secondary N) is 1. The van der Waals surface area contributed by atoms with Crippen LogP contribution in [0, 0.1) is 0 Å². The largest absolute Gasteiger partial charge is 0.394 e. The summed E-state index contributed by atoms with van der Waals surface area (Å²) in [7, 11) is 1.63. The average molecular weight is 521 g/mol. The van der Waals surface area contributed by atoms with Crippen LogP contribution in [0.2, 0.25) is 0 Å². The lowest BCUT2D eigenvalue weighted by Gasteiger charge is -2.39. The van der Waals surface area contributed by atoms with E-state index in [1.54, 1.807) is 14.0 Å². The highest BCUT2D eigenvalue weighted by molar-refractivity contribution is 5.75. The zero-order valence-electron chi connectivity index (χ0n) is 21.7. The first-order valence-corrected chi connectivity index (χ1v) is 13.4. The Hall–Kier alpha value is -0.890. The molecule has 0 unspecified atom stereocenters. The van der Waals surface area contributed by atoms with Crippen LogP contribution in [0.1, 0.15) is 64.7 Å². The van der Waals surface area contributed by atoms with E-state index in [9.17, 15) is 35.4 Å².